The highest BCUT2D eigenvalue weighted by atomic mass is 35.5. The zero-order valence-electron chi connectivity index (χ0n) is 12.9. The van der Waals surface area contributed by atoms with Crippen molar-refractivity contribution in [2.75, 3.05) is 5.32 Å². The van der Waals surface area contributed by atoms with Crippen molar-refractivity contribution in [1.29, 1.82) is 0 Å². The zero-order chi connectivity index (χ0) is 16.5. The van der Waals surface area contributed by atoms with Crippen LogP contribution in [0.25, 0.3) is 11.3 Å². The number of hydrogen-bond acceptors (Lipinski definition) is 4. The molecule has 2 N–H and O–H groups in total. The van der Waals surface area contributed by atoms with Crippen molar-refractivity contribution in [1.82, 2.24) is 4.98 Å². The smallest absolute Gasteiger partial charge is 0.183 e. The lowest BCUT2D eigenvalue weighted by Gasteiger charge is -2.30. The number of aromatic nitrogens is 1. The summed E-state index contributed by atoms with van der Waals surface area (Å²) in [5.74, 6) is 0. The van der Waals surface area contributed by atoms with E-state index in [4.69, 9.17) is 11.6 Å². The largest absolute Gasteiger partial charge is 0.391 e. The molecule has 3 nitrogen and oxygen atoms in total. The van der Waals surface area contributed by atoms with Gasteiger partial charge >= 0.3 is 0 Å². The lowest BCUT2D eigenvalue weighted by molar-refractivity contribution is 0.135. The molecule has 0 saturated heterocycles. The van der Waals surface area contributed by atoms with Gasteiger partial charge in [0, 0.05) is 16.0 Å². The Kier molecular flexibility index (Phi) is 4.27. The van der Waals surface area contributed by atoms with E-state index in [9.17, 15) is 5.11 Å². The first-order valence-electron chi connectivity index (χ1n) is 7.94. The lowest BCUT2D eigenvalue weighted by atomic mass is 9.86. The van der Waals surface area contributed by atoms with Gasteiger partial charge in [0.2, 0.25) is 0 Å². The van der Waals surface area contributed by atoms with Gasteiger partial charge in [-0.1, -0.05) is 48.0 Å². The van der Waals surface area contributed by atoms with Crippen LogP contribution in [-0.2, 0) is 6.42 Å². The van der Waals surface area contributed by atoms with Crippen LogP contribution >= 0.6 is 22.9 Å². The third-order valence-electron chi connectivity index (χ3n) is 4.41. The molecule has 2 atom stereocenters. The maximum atomic E-state index is 10.4. The van der Waals surface area contributed by atoms with Crippen LogP contribution in [0.3, 0.4) is 0 Å². The van der Waals surface area contributed by atoms with Gasteiger partial charge in [-0.15, -0.1) is 11.3 Å². The average Bonchev–Trinajstić information content (AvgIpc) is 3.07. The van der Waals surface area contributed by atoms with E-state index in [0.29, 0.717) is 5.02 Å². The van der Waals surface area contributed by atoms with Gasteiger partial charge in [-0.25, -0.2) is 4.98 Å². The maximum absolute atomic E-state index is 10.4. The Morgan fingerprint density at radius 3 is 2.75 bits per heavy atom. The third-order valence-corrected chi connectivity index (χ3v) is 5.43. The van der Waals surface area contributed by atoms with Gasteiger partial charge in [-0.2, -0.15) is 0 Å². The Morgan fingerprint density at radius 2 is 1.92 bits per heavy atom. The Labute approximate surface area is 150 Å². The van der Waals surface area contributed by atoms with E-state index in [1.807, 2.05) is 35.7 Å². The number of nitrogens with one attached hydrogen (secondary N) is 1. The number of hydrogen-bond donors (Lipinski definition) is 2. The van der Waals surface area contributed by atoms with E-state index < -0.39 is 6.10 Å². The van der Waals surface area contributed by atoms with Crippen LogP contribution in [0.1, 0.15) is 23.6 Å². The molecule has 0 radical (unpaired) electrons. The summed E-state index contributed by atoms with van der Waals surface area (Å²) in [6.07, 6.45) is 1.29. The number of benzene rings is 2. The van der Waals surface area contributed by atoms with Crippen molar-refractivity contribution in [3.63, 3.8) is 0 Å². The molecule has 1 heterocycles. The second kappa shape index (κ2) is 6.55. The molecule has 5 heteroatoms. The lowest BCUT2D eigenvalue weighted by Crippen LogP contribution is -2.30. The summed E-state index contributed by atoms with van der Waals surface area (Å²) in [6.45, 7) is 0. The van der Waals surface area contributed by atoms with E-state index in [0.717, 1.165) is 29.2 Å². The van der Waals surface area contributed by atoms with Crippen molar-refractivity contribution >= 4 is 28.1 Å². The molecular formula is C19H17ClN2OS. The van der Waals surface area contributed by atoms with E-state index in [-0.39, 0.29) is 6.04 Å². The number of rotatable bonds is 3. The quantitative estimate of drug-likeness (QED) is 0.699. The Morgan fingerprint density at radius 1 is 1.12 bits per heavy atom. The number of anilines is 1. The van der Waals surface area contributed by atoms with E-state index in [1.165, 1.54) is 11.1 Å². The molecule has 0 fully saturated rings. The van der Waals surface area contributed by atoms with Crippen LogP contribution < -0.4 is 5.32 Å². The van der Waals surface area contributed by atoms with Gasteiger partial charge in [-0.3, -0.25) is 0 Å². The van der Waals surface area contributed by atoms with Crippen molar-refractivity contribution < 1.29 is 5.11 Å². The van der Waals surface area contributed by atoms with E-state index in [2.05, 4.69) is 28.5 Å². The molecule has 0 saturated carbocycles. The molecular weight excluding hydrogens is 340 g/mol. The van der Waals surface area contributed by atoms with Crippen molar-refractivity contribution in [3.05, 3.63) is 70.1 Å². The van der Waals surface area contributed by atoms with Gasteiger partial charge in [0.05, 0.1) is 17.8 Å². The normalized spacial score (nSPS) is 19.8. The fourth-order valence-corrected chi connectivity index (χ4v) is 4.03. The fourth-order valence-electron chi connectivity index (χ4n) is 3.14. The number of aliphatic hydroxyl groups excluding tert-OH is 1. The number of fused-ring (bicyclic) bond motifs is 1. The highest BCUT2D eigenvalue weighted by Crippen LogP contribution is 2.34. The molecule has 2 unspecified atom stereocenters. The highest BCUT2D eigenvalue weighted by Gasteiger charge is 2.28. The van der Waals surface area contributed by atoms with Gasteiger partial charge < -0.3 is 10.4 Å². The highest BCUT2D eigenvalue weighted by molar-refractivity contribution is 7.14. The number of halogens is 1. The van der Waals surface area contributed by atoms with Gasteiger partial charge in [0.25, 0.3) is 0 Å². The minimum absolute atomic E-state index is 0.112. The SMILES string of the molecule is OC1CCc2ccccc2C1Nc1nc(-c2ccc(Cl)cc2)cs1. The first-order chi connectivity index (χ1) is 11.7. The molecule has 0 amide bonds. The number of aryl methyl sites for hydroxylation is 1. The first-order valence-corrected chi connectivity index (χ1v) is 9.20. The molecule has 1 aliphatic carbocycles. The molecule has 122 valence electrons. The van der Waals surface area contributed by atoms with Crippen LogP contribution in [-0.4, -0.2) is 16.2 Å². The summed E-state index contributed by atoms with van der Waals surface area (Å²) in [6, 6.07) is 15.8. The summed E-state index contributed by atoms with van der Waals surface area (Å²) in [4.78, 5) is 4.66. The molecule has 2 aromatic carbocycles. The number of thiazole rings is 1. The molecule has 1 aliphatic rings. The molecule has 3 aromatic rings. The Bertz CT molecular complexity index is 847. The minimum Gasteiger partial charge on any atom is -0.391 e. The average molecular weight is 357 g/mol. The molecule has 1 aromatic heterocycles. The van der Waals surface area contributed by atoms with Gasteiger partial charge in [0.15, 0.2) is 5.13 Å². The monoisotopic (exact) mass is 356 g/mol. The minimum atomic E-state index is -0.400. The fraction of sp³-hybridized carbons (Fsp3) is 0.211. The predicted molar refractivity (Wildman–Crippen MR) is 99.7 cm³/mol. The topological polar surface area (TPSA) is 45.1 Å². The second-order valence-corrected chi connectivity index (χ2v) is 7.27. The van der Waals surface area contributed by atoms with Crippen LogP contribution in [0.15, 0.2) is 53.9 Å². The summed E-state index contributed by atoms with van der Waals surface area (Å²) < 4.78 is 0. The van der Waals surface area contributed by atoms with Crippen LogP contribution in [0.5, 0.6) is 0 Å². The molecule has 24 heavy (non-hydrogen) atoms. The number of nitrogens with zero attached hydrogens (tertiary/aromatic N) is 1. The summed E-state index contributed by atoms with van der Waals surface area (Å²) in [7, 11) is 0. The van der Waals surface area contributed by atoms with Gasteiger partial charge in [0.1, 0.15) is 0 Å². The Hall–Kier alpha value is -1.88. The maximum Gasteiger partial charge on any atom is 0.183 e. The Balaban J connectivity index is 1.59. The summed E-state index contributed by atoms with van der Waals surface area (Å²) in [5, 5.41) is 17.4. The van der Waals surface area contributed by atoms with Gasteiger partial charge in [-0.05, 0) is 36.1 Å². The van der Waals surface area contributed by atoms with Crippen molar-refractivity contribution in [2.24, 2.45) is 0 Å². The predicted octanol–water partition coefficient (Wildman–Crippen LogP) is 4.92. The van der Waals surface area contributed by atoms with Crippen LogP contribution in [0.2, 0.25) is 5.02 Å². The summed E-state index contributed by atoms with van der Waals surface area (Å²) >= 11 is 7.49. The van der Waals surface area contributed by atoms with Crippen molar-refractivity contribution in [3.8, 4) is 11.3 Å². The molecule has 4 rings (SSSR count). The summed E-state index contributed by atoms with van der Waals surface area (Å²) in [5.41, 5.74) is 4.42. The standard InChI is InChI=1S/C19H17ClN2OS/c20-14-8-5-13(6-9-14)16-11-24-19(21-16)22-18-15-4-2-1-3-12(15)7-10-17(18)23/h1-6,8-9,11,17-18,23H,7,10H2,(H,21,22). The molecule has 0 bridgehead atoms. The van der Waals surface area contributed by atoms with E-state index in [1.54, 1.807) is 11.3 Å². The van der Waals surface area contributed by atoms with E-state index >= 15 is 0 Å². The molecule has 0 spiro atoms. The zero-order valence-corrected chi connectivity index (χ0v) is 14.5. The third kappa shape index (κ3) is 3.05. The first kappa shape index (κ1) is 15.6. The van der Waals surface area contributed by atoms with Crippen LogP contribution in [0, 0.1) is 0 Å². The molecule has 0 aliphatic heterocycles. The second-order valence-electron chi connectivity index (χ2n) is 5.97. The number of aliphatic hydroxyl groups is 1. The van der Waals surface area contributed by atoms with Crippen LogP contribution in [0.4, 0.5) is 5.13 Å². The van der Waals surface area contributed by atoms with Crippen molar-refractivity contribution in [2.45, 2.75) is 25.0 Å².